The van der Waals surface area contributed by atoms with E-state index in [2.05, 4.69) is 5.32 Å². The predicted molar refractivity (Wildman–Crippen MR) is 74.5 cm³/mol. The molecule has 1 aromatic rings. The van der Waals surface area contributed by atoms with Crippen LogP contribution in [0.1, 0.15) is 16.8 Å². The van der Waals surface area contributed by atoms with Crippen LogP contribution in [-0.4, -0.2) is 46.7 Å². The summed E-state index contributed by atoms with van der Waals surface area (Å²) in [5, 5.41) is 20.8. The highest BCUT2D eigenvalue weighted by Crippen LogP contribution is 2.25. The van der Waals surface area contributed by atoms with Crippen LogP contribution in [0.15, 0.2) is 24.3 Å². The molecule has 1 aliphatic rings. The van der Waals surface area contributed by atoms with E-state index < -0.39 is 35.9 Å². The Morgan fingerprint density at radius 3 is 2.36 bits per heavy atom. The van der Waals surface area contributed by atoms with Gasteiger partial charge in [0, 0.05) is 18.0 Å². The van der Waals surface area contributed by atoms with Crippen molar-refractivity contribution < 1.29 is 29.3 Å². The average molecular weight is 308 g/mol. The molecule has 0 saturated carbocycles. The molecule has 1 heterocycles. The first-order valence-electron chi connectivity index (χ1n) is 6.63. The Hall–Kier alpha value is -2.61. The lowest BCUT2D eigenvalue weighted by molar-refractivity contribution is -0.142. The molecule has 22 heavy (non-hydrogen) atoms. The third-order valence-corrected chi connectivity index (χ3v) is 3.55. The molecule has 1 saturated heterocycles. The van der Waals surface area contributed by atoms with Crippen LogP contribution in [0.3, 0.4) is 0 Å². The van der Waals surface area contributed by atoms with Gasteiger partial charge in [-0.2, -0.15) is 0 Å². The first kappa shape index (κ1) is 15.8. The first-order chi connectivity index (χ1) is 10.4. The highest BCUT2D eigenvalue weighted by molar-refractivity contribution is 5.92. The lowest BCUT2D eigenvalue weighted by Crippen LogP contribution is -2.38. The van der Waals surface area contributed by atoms with E-state index >= 15 is 0 Å². The molecule has 1 fully saturated rings. The molecule has 3 atom stereocenters. The van der Waals surface area contributed by atoms with E-state index in [0.29, 0.717) is 11.3 Å². The zero-order chi connectivity index (χ0) is 16.3. The number of carboxylic acid groups (broad SMARTS) is 2. The summed E-state index contributed by atoms with van der Waals surface area (Å²) in [5.41, 5.74) is 5.46. The summed E-state index contributed by atoms with van der Waals surface area (Å²) >= 11 is 0. The molecule has 2 rings (SSSR count). The number of nitrogens with two attached hydrogens (primary N) is 1. The fourth-order valence-electron chi connectivity index (χ4n) is 2.48. The number of carboxylic acids is 2. The Morgan fingerprint density at radius 2 is 1.86 bits per heavy atom. The number of ether oxygens (including phenoxy) is 1. The topological polar surface area (TPSA) is 139 Å². The molecule has 1 aliphatic heterocycles. The number of amides is 1. The van der Waals surface area contributed by atoms with E-state index in [9.17, 15) is 14.4 Å². The van der Waals surface area contributed by atoms with Crippen molar-refractivity contribution in [2.24, 2.45) is 11.7 Å². The summed E-state index contributed by atoms with van der Waals surface area (Å²) in [6, 6.07) is 5.07. The van der Waals surface area contributed by atoms with Crippen LogP contribution in [0.2, 0.25) is 0 Å². The van der Waals surface area contributed by atoms with Gasteiger partial charge in [-0.3, -0.25) is 14.4 Å². The van der Waals surface area contributed by atoms with Crippen molar-refractivity contribution in [2.75, 3.05) is 6.54 Å². The Morgan fingerprint density at radius 1 is 1.23 bits per heavy atom. The van der Waals surface area contributed by atoms with Crippen molar-refractivity contribution in [2.45, 2.75) is 18.6 Å². The fourth-order valence-corrected chi connectivity index (χ4v) is 2.48. The lowest BCUT2D eigenvalue weighted by atomic mass is 9.94. The van der Waals surface area contributed by atoms with Crippen molar-refractivity contribution in [3.63, 3.8) is 0 Å². The first-order valence-corrected chi connectivity index (χ1v) is 6.63. The maximum atomic E-state index is 11.1. The summed E-state index contributed by atoms with van der Waals surface area (Å²) in [6.07, 6.45) is -0.898. The fraction of sp³-hybridized carbons (Fsp3) is 0.357. The molecule has 1 unspecified atom stereocenters. The highest BCUT2D eigenvalue weighted by Gasteiger charge is 2.42. The summed E-state index contributed by atoms with van der Waals surface area (Å²) in [7, 11) is 0. The monoisotopic (exact) mass is 308 g/mol. The Bertz CT molecular complexity index is 586. The molecule has 8 nitrogen and oxygen atoms in total. The predicted octanol–water partition coefficient (Wildman–Crippen LogP) is -0.320. The third kappa shape index (κ3) is 3.53. The van der Waals surface area contributed by atoms with Crippen LogP contribution in [0.5, 0.6) is 5.75 Å². The minimum absolute atomic E-state index is 0.229. The zero-order valence-corrected chi connectivity index (χ0v) is 11.6. The van der Waals surface area contributed by atoms with Crippen LogP contribution in [-0.2, 0) is 9.59 Å². The maximum Gasteiger partial charge on any atom is 0.321 e. The number of rotatable bonds is 6. The van der Waals surface area contributed by atoms with E-state index in [0.717, 1.165) is 0 Å². The van der Waals surface area contributed by atoms with Crippen LogP contribution < -0.4 is 15.8 Å². The maximum absolute atomic E-state index is 11.1. The summed E-state index contributed by atoms with van der Waals surface area (Å²) in [5.74, 6) is -3.04. The second kappa shape index (κ2) is 6.44. The van der Waals surface area contributed by atoms with Crippen molar-refractivity contribution in [1.29, 1.82) is 0 Å². The van der Waals surface area contributed by atoms with Crippen LogP contribution in [0.25, 0.3) is 0 Å². The molecule has 1 aromatic carbocycles. The van der Waals surface area contributed by atoms with E-state index in [1.165, 1.54) is 24.3 Å². The molecular weight excluding hydrogens is 292 g/mol. The number of benzene rings is 1. The molecule has 0 bridgehead atoms. The Labute approximate surface area is 125 Å². The Kier molecular flexibility index (Phi) is 4.62. The van der Waals surface area contributed by atoms with Gasteiger partial charge in [0.05, 0.1) is 6.42 Å². The minimum Gasteiger partial charge on any atom is -0.489 e. The molecule has 8 heteroatoms. The van der Waals surface area contributed by atoms with E-state index in [4.69, 9.17) is 20.7 Å². The summed E-state index contributed by atoms with van der Waals surface area (Å²) in [6.45, 7) is 0.229. The van der Waals surface area contributed by atoms with Crippen LogP contribution >= 0.6 is 0 Å². The van der Waals surface area contributed by atoms with E-state index in [1.54, 1.807) is 0 Å². The third-order valence-electron chi connectivity index (χ3n) is 3.55. The molecule has 0 aromatic heterocycles. The number of hydrogen-bond donors (Lipinski definition) is 4. The van der Waals surface area contributed by atoms with Gasteiger partial charge in [-0.25, -0.2) is 0 Å². The molecule has 0 radical (unpaired) electrons. The number of carbonyl (C=O) groups is 3. The van der Waals surface area contributed by atoms with Gasteiger partial charge in [-0.05, 0) is 24.3 Å². The lowest BCUT2D eigenvalue weighted by Gasteiger charge is -2.21. The van der Waals surface area contributed by atoms with Gasteiger partial charge in [0.15, 0.2) is 0 Å². The van der Waals surface area contributed by atoms with Gasteiger partial charge in [-0.1, -0.05) is 0 Å². The van der Waals surface area contributed by atoms with E-state index in [1.807, 2.05) is 0 Å². The van der Waals surface area contributed by atoms with Crippen LogP contribution in [0.4, 0.5) is 0 Å². The highest BCUT2D eigenvalue weighted by atomic mass is 16.5. The van der Waals surface area contributed by atoms with E-state index in [-0.39, 0.29) is 13.0 Å². The molecule has 118 valence electrons. The number of nitrogens with one attached hydrogen (secondary N) is 1. The number of primary amides is 1. The van der Waals surface area contributed by atoms with Crippen molar-refractivity contribution in [1.82, 2.24) is 5.32 Å². The van der Waals surface area contributed by atoms with Crippen molar-refractivity contribution >= 4 is 17.8 Å². The zero-order valence-electron chi connectivity index (χ0n) is 11.6. The van der Waals surface area contributed by atoms with Gasteiger partial charge in [0.1, 0.15) is 17.9 Å². The second-order valence-electron chi connectivity index (χ2n) is 5.03. The molecule has 5 N–H and O–H groups in total. The molecule has 0 spiro atoms. The van der Waals surface area contributed by atoms with Gasteiger partial charge < -0.3 is 26.0 Å². The molecule has 0 aliphatic carbocycles. The van der Waals surface area contributed by atoms with Crippen molar-refractivity contribution in [3.05, 3.63) is 29.8 Å². The Balaban J connectivity index is 2.11. The van der Waals surface area contributed by atoms with Crippen molar-refractivity contribution in [3.8, 4) is 5.75 Å². The van der Waals surface area contributed by atoms with Crippen LogP contribution in [0, 0.1) is 5.92 Å². The summed E-state index contributed by atoms with van der Waals surface area (Å²) < 4.78 is 5.66. The minimum atomic E-state index is -1.11. The summed E-state index contributed by atoms with van der Waals surface area (Å²) in [4.78, 5) is 33.1. The number of hydrogen-bond acceptors (Lipinski definition) is 5. The average Bonchev–Trinajstić information content (AvgIpc) is 2.82. The second-order valence-corrected chi connectivity index (χ2v) is 5.03. The molecular formula is C14H16N2O6. The van der Waals surface area contributed by atoms with Gasteiger partial charge in [0.25, 0.3) is 0 Å². The molecule has 1 amide bonds. The standard InChI is InChI=1S/C14H16N2O6/c15-13(19)7-1-3-8(4-2-7)22-10-6-16-12(14(20)21)9(10)5-11(17)18/h1-4,9-10,12,16H,5-6H2,(H2,15,19)(H,17,18)(H,20,21)/t9?,10-,12+/m1/s1. The number of aliphatic carboxylic acids is 2. The van der Waals surface area contributed by atoms with Gasteiger partial charge >= 0.3 is 11.9 Å². The van der Waals surface area contributed by atoms with Gasteiger partial charge in [-0.15, -0.1) is 0 Å². The van der Waals surface area contributed by atoms with Gasteiger partial charge in [0.2, 0.25) is 5.91 Å². The SMILES string of the molecule is NC(=O)c1ccc(O[C@@H]2CN[C@H](C(=O)O)C2CC(=O)O)cc1. The largest absolute Gasteiger partial charge is 0.489 e. The normalized spacial score (nSPS) is 23.9. The number of carbonyl (C=O) groups excluding carboxylic acids is 1. The quantitative estimate of drug-likeness (QED) is 0.564. The smallest absolute Gasteiger partial charge is 0.321 e.